The van der Waals surface area contributed by atoms with Gasteiger partial charge in [0.1, 0.15) is 17.5 Å². The lowest BCUT2D eigenvalue weighted by molar-refractivity contribution is -0.127. The summed E-state index contributed by atoms with van der Waals surface area (Å²) in [5.41, 5.74) is 8.49. The van der Waals surface area contributed by atoms with E-state index in [9.17, 15) is 19.8 Å². The molecule has 3 unspecified atom stereocenters. The second-order valence-corrected chi connectivity index (χ2v) is 10.4. The number of benzene rings is 2. The van der Waals surface area contributed by atoms with Crippen LogP contribution in [0, 0.1) is 0 Å². The molecule has 1 aliphatic rings. The van der Waals surface area contributed by atoms with Gasteiger partial charge in [0.05, 0.1) is 0 Å². The van der Waals surface area contributed by atoms with Gasteiger partial charge in [0.15, 0.2) is 0 Å². The molecular formula is C25H33N3O4S. The summed E-state index contributed by atoms with van der Waals surface area (Å²) >= 11 is 1.74. The average molecular weight is 472 g/mol. The molecule has 0 heterocycles. The van der Waals surface area contributed by atoms with Crippen LogP contribution in [-0.4, -0.2) is 52.2 Å². The van der Waals surface area contributed by atoms with Gasteiger partial charge in [0.25, 0.3) is 0 Å². The lowest BCUT2D eigenvalue weighted by atomic mass is 9.69. The van der Waals surface area contributed by atoms with E-state index in [4.69, 9.17) is 5.73 Å². The van der Waals surface area contributed by atoms with Gasteiger partial charge in [0, 0.05) is 35.3 Å². The molecule has 2 amide bonds. The molecule has 1 aliphatic carbocycles. The van der Waals surface area contributed by atoms with Crippen molar-refractivity contribution in [2.45, 2.75) is 55.9 Å². The lowest BCUT2D eigenvalue weighted by Crippen LogP contribution is -2.54. The second kappa shape index (κ2) is 10.5. The number of phenols is 2. The Morgan fingerprint density at radius 2 is 1.82 bits per heavy atom. The highest BCUT2D eigenvalue weighted by molar-refractivity contribution is 8.00. The average Bonchev–Trinajstić information content (AvgIpc) is 2.75. The van der Waals surface area contributed by atoms with E-state index in [-0.39, 0.29) is 47.0 Å². The predicted octanol–water partition coefficient (Wildman–Crippen LogP) is 2.22. The number of thioether (sulfide) groups is 1. The van der Waals surface area contributed by atoms with Gasteiger partial charge >= 0.3 is 0 Å². The summed E-state index contributed by atoms with van der Waals surface area (Å²) in [5, 5.41) is 25.8. The predicted molar refractivity (Wildman–Crippen MR) is 131 cm³/mol. The molecule has 0 aromatic heterocycles. The monoisotopic (exact) mass is 471 g/mol. The van der Waals surface area contributed by atoms with Crippen LogP contribution in [0.15, 0.2) is 42.5 Å². The van der Waals surface area contributed by atoms with Crippen molar-refractivity contribution in [3.05, 3.63) is 59.2 Å². The first kappa shape index (κ1) is 24.9. The first-order valence-electron chi connectivity index (χ1n) is 11.1. The Morgan fingerprint density at radius 3 is 2.45 bits per heavy atom. The third-order valence-corrected chi connectivity index (χ3v) is 7.69. The van der Waals surface area contributed by atoms with Gasteiger partial charge in [-0.05, 0) is 54.4 Å². The third-order valence-electron chi connectivity index (χ3n) is 6.38. The molecule has 3 atom stereocenters. The molecule has 8 heteroatoms. The first-order chi connectivity index (χ1) is 15.6. The highest BCUT2D eigenvalue weighted by Crippen LogP contribution is 2.42. The maximum absolute atomic E-state index is 12.5. The van der Waals surface area contributed by atoms with Gasteiger partial charge in [-0.25, -0.2) is 0 Å². The highest BCUT2D eigenvalue weighted by atomic mass is 32.2. The fraction of sp³-hybridized carbons (Fsp3) is 0.440. The normalized spacial score (nSPS) is 20.0. The fourth-order valence-electron chi connectivity index (χ4n) is 4.67. The molecule has 7 nitrogen and oxygen atoms in total. The van der Waals surface area contributed by atoms with Crippen molar-refractivity contribution in [2.24, 2.45) is 5.73 Å². The number of nitrogens with one attached hydrogen (secondary N) is 2. The van der Waals surface area contributed by atoms with Crippen molar-refractivity contribution in [3.8, 4) is 11.5 Å². The number of carbonyl (C=O) groups excluding carboxylic acids is 2. The minimum Gasteiger partial charge on any atom is -0.508 e. The van der Waals surface area contributed by atoms with Crippen LogP contribution in [0.2, 0.25) is 0 Å². The molecular weight excluding hydrogens is 438 g/mol. The second-order valence-electron chi connectivity index (χ2n) is 9.09. The summed E-state index contributed by atoms with van der Waals surface area (Å²) in [6.07, 6.45) is 1.40. The van der Waals surface area contributed by atoms with Gasteiger partial charge in [-0.1, -0.05) is 32.0 Å². The van der Waals surface area contributed by atoms with Crippen LogP contribution in [0.4, 0.5) is 0 Å². The van der Waals surface area contributed by atoms with E-state index >= 15 is 0 Å². The zero-order chi connectivity index (χ0) is 24.2. The van der Waals surface area contributed by atoms with E-state index in [0.29, 0.717) is 5.75 Å². The molecule has 2 aromatic rings. The highest BCUT2D eigenvalue weighted by Gasteiger charge is 2.42. The van der Waals surface area contributed by atoms with Crippen LogP contribution in [0.5, 0.6) is 11.5 Å². The zero-order valence-electron chi connectivity index (χ0n) is 19.3. The van der Waals surface area contributed by atoms with Crippen LogP contribution in [0.1, 0.15) is 37.0 Å². The number of rotatable bonds is 9. The van der Waals surface area contributed by atoms with Crippen molar-refractivity contribution >= 4 is 23.6 Å². The van der Waals surface area contributed by atoms with E-state index in [1.165, 1.54) is 17.7 Å². The fourth-order valence-corrected chi connectivity index (χ4v) is 6.24. The molecule has 33 heavy (non-hydrogen) atoms. The van der Waals surface area contributed by atoms with Crippen LogP contribution >= 0.6 is 11.8 Å². The van der Waals surface area contributed by atoms with Crippen molar-refractivity contribution < 1.29 is 19.8 Å². The number of nitrogens with two attached hydrogens (primary N) is 1. The van der Waals surface area contributed by atoms with Gasteiger partial charge in [-0.15, -0.1) is 0 Å². The summed E-state index contributed by atoms with van der Waals surface area (Å²) < 4.78 is 0. The van der Waals surface area contributed by atoms with Crippen molar-refractivity contribution in [1.29, 1.82) is 0 Å². The lowest BCUT2D eigenvalue weighted by Gasteiger charge is -2.45. The minimum absolute atomic E-state index is 0.139. The quantitative estimate of drug-likeness (QED) is 0.382. The molecule has 0 radical (unpaired) electrons. The molecule has 0 saturated heterocycles. The Hall–Kier alpha value is -2.71. The maximum atomic E-state index is 12.5. The summed E-state index contributed by atoms with van der Waals surface area (Å²) in [5.74, 6) is 0.221. The molecule has 0 spiro atoms. The molecule has 178 valence electrons. The van der Waals surface area contributed by atoms with Gasteiger partial charge < -0.3 is 26.6 Å². The molecule has 0 bridgehead atoms. The Kier molecular flexibility index (Phi) is 7.92. The van der Waals surface area contributed by atoms with Crippen LogP contribution in [-0.2, 0) is 27.8 Å². The van der Waals surface area contributed by atoms with Gasteiger partial charge in [-0.3, -0.25) is 9.59 Å². The van der Waals surface area contributed by atoms with Crippen LogP contribution < -0.4 is 16.4 Å². The largest absolute Gasteiger partial charge is 0.508 e. The van der Waals surface area contributed by atoms with E-state index in [1.807, 2.05) is 19.2 Å². The number of amides is 2. The summed E-state index contributed by atoms with van der Waals surface area (Å²) in [6.45, 7) is 4.35. The number of hydrogen-bond acceptors (Lipinski definition) is 6. The Morgan fingerprint density at radius 1 is 1.15 bits per heavy atom. The molecule has 0 saturated carbocycles. The molecule has 2 aromatic carbocycles. The van der Waals surface area contributed by atoms with E-state index < -0.39 is 11.9 Å². The minimum atomic E-state index is -0.801. The Labute approximate surface area is 199 Å². The number of phenolic OH excluding ortho intramolecular Hbond substituents is 2. The van der Waals surface area contributed by atoms with Crippen molar-refractivity contribution in [1.82, 2.24) is 10.6 Å². The summed E-state index contributed by atoms with van der Waals surface area (Å²) in [7, 11) is 1.95. The summed E-state index contributed by atoms with van der Waals surface area (Å²) in [6, 6.07) is 11.4. The number of aromatic hydroxyl groups is 2. The first-order valence-corrected chi connectivity index (χ1v) is 12.1. The Balaban J connectivity index is 1.58. The molecule has 3 rings (SSSR count). The maximum Gasteiger partial charge on any atom is 0.240 e. The standard InChI is InChI=1S/C25H33N3O4S/c1-25(2)19-14-18(30)9-6-16(19)13-21(23(25)27-3)33-11-10-22(31)28-20(24(26)32)12-15-4-7-17(29)8-5-15/h4-9,14,20-21,23,27,29-30H,10-13H2,1-3H3,(H2,26,32)(H,28,31). The number of fused-ring (bicyclic) bond motifs is 1. The number of carbonyl (C=O) groups is 2. The van der Waals surface area contributed by atoms with E-state index in [1.54, 1.807) is 30.0 Å². The van der Waals surface area contributed by atoms with Crippen molar-refractivity contribution in [2.75, 3.05) is 12.8 Å². The summed E-state index contributed by atoms with van der Waals surface area (Å²) in [4.78, 5) is 24.4. The smallest absolute Gasteiger partial charge is 0.240 e. The third kappa shape index (κ3) is 6.00. The molecule has 0 fully saturated rings. The van der Waals surface area contributed by atoms with Crippen molar-refractivity contribution in [3.63, 3.8) is 0 Å². The Bertz CT molecular complexity index is 994. The topological polar surface area (TPSA) is 125 Å². The van der Waals surface area contributed by atoms with Gasteiger partial charge in [0.2, 0.25) is 11.8 Å². The van der Waals surface area contributed by atoms with Crippen LogP contribution in [0.25, 0.3) is 0 Å². The number of hydrogen-bond donors (Lipinski definition) is 5. The van der Waals surface area contributed by atoms with E-state index in [0.717, 1.165) is 17.5 Å². The number of primary amides is 1. The van der Waals surface area contributed by atoms with Crippen LogP contribution in [0.3, 0.4) is 0 Å². The molecule has 6 N–H and O–H groups in total. The van der Waals surface area contributed by atoms with E-state index in [2.05, 4.69) is 24.5 Å². The SMILES string of the molecule is CNC1C(SCCC(=O)NC(Cc2ccc(O)cc2)C(N)=O)Cc2ccc(O)cc2C1(C)C. The number of likely N-dealkylation sites (N-methyl/N-ethyl adjacent to an activating group) is 1. The zero-order valence-corrected chi connectivity index (χ0v) is 20.1. The molecule has 0 aliphatic heterocycles. The van der Waals surface area contributed by atoms with Gasteiger partial charge in [-0.2, -0.15) is 11.8 Å².